The first-order chi connectivity index (χ1) is 46.0. The molecule has 0 aromatic heterocycles. The van der Waals surface area contributed by atoms with E-state index >= 15 is 0 Å². The summed E-state index contributed by atoms with van der Waals surface area (Å²) in [5.74, 6) is 3.59. The van der Waals surface area contributed by atoms with Gasteiger partial charge in [-0.05, 0) is 291 Å². The Kier molecular flexibility index (Phi) is 419. The van der Waals surface area contributed by atoms with Gasteiger partial charge in [-0.1, -0.05) is 96.9 Å². The first-order valence-corrected chi connectivity index (χ1v) is 34.1. The van der Waals surface area contributed by atoms with Crippen molar-refractivity contribution in [3.05, 3.63) is 0 Å². The first-order valence-electron chi connectivity index (χ1n) is 34.1. The largest absolute Gasteiger partial charge is 0.349 e. The van der Waals surface area contributed by atoms with Gasteiger partial charge in [0.15, 0.2) is 0 Å². The van der Waals surface area contributed by atoms with Gasteiger partial charge in [-0.3, -0.25) is 4.79 Å². The third-order valence-electron chi connectivity index (χ3n) is 0.630. The van der Waals surface area contributed by atoms with Gasteiger partial charge >= 0.3 is 0 Å². The van der Waals surface area contributed by atoms with Gasteiger partial charge in [0.2, 0.25) is 5.91 Å². The number of hydrogen-bond donors (Lipinski definition) is 0. The fourth-order valence-electron chi connectivity index (χ4n) is 0. The zero-order valence-corrected chi connectivity index (χ0v) is 79.4. The lowest BCUT2D eigenvalue weighted by Gasteiger charge is -2.02. The number of nitrogens with zero attached hydrogens (tertiary/aromatic N) is 1. The minimum Gasteiger partial charge on any atom is -0.349 e. The molecule has 638 valence electrons. The molecule has 0 N–H and O–H groups in total. The van der Waals surface area contributed by atoms with E-state index in [4.69, 9.17) is 0 Å². The molecule has 0 aliphatic rings. The van der Waals surface area contributed by atoms with E-state index in [9.17, 15) is 105 Å². The van der Waals surface area contributed by atoms with Gasteiger partial charge in [0.05, 0.1) is 0 Å². The number of Topliss-reactive ketones (excluding diaryl/α,β-unsaturated/α-hetero) is 21. The van der Waals surface area contributed by atoms with E-state index in [0.29, 0.717) is 0 Å². The van der Waals surface area contributed by atoms with Crippen LogP contribution >= 0.6 is 0 Å². The lowest BCUT2D eigenvalue weighted by Crippen LogP contribution is -2.17. The molecule has 0 aliphatic heterocycles. The van der Waals surface area contributed by atoms with Crippen molar-refractivity contribution in [2.45, 2.75) is 395 Å². The summed E-state index contributed by atoms with van der Waals surface area (Å²) in [6, 6.07) is 0. The highest BCUT2D eigenvalue weighted by atomic mass is 16.2. The smallest absolute Gasteiger partial charge is 0.218 e. The molecule has 0 spiro atoms. The highest BCUT2D eigenvalue weighted by Gasteiger charge is 1.87. The van der Waals surface area contributed by atoms with Crippen LogP contribution in [-0.2, 0) is 105 Å². The van der Waals surface area contributed by atoms with Crippen molar-refractivity contribution in [3.63, 3.8) is 0 Å². The molecule has 104 heavy (non-hydrogen) atoms. The summed E-state index contributed by atoms with van der Waals surface area (Å²) in [5, 5.41) is 0. The van der Waals surface area contributed by atoms with Crippen LogP contribution in [0.3, 0.4) is 0 Å². The second-order valence-corrected chi connectivity index (χ2v) is 20.5. The Morgan fingerprint density at radius 3 is 0.115 bits per heavy atom. The van der Waals surface area contributed by atoms with Crippen LogP contribution in [0.5, 0.6) is 0 Å². The maximum atomic E-state index is 10.1. The van der Waals surface area contributed by atoms with E-state index in [-0.39, 0.29) is 127 Å². The number of hydrogen-bond acceptors (Lipinski definition) is 22. The Labute approximate surface area is 643 Å². The maximum absolute atomic E-state index is 10.1. The van der Waals surface area contributed by atoms with Crippen molar-refractivity contribution in [1.82, 2.24) is 4.90 Å². The van der Waals surface area contributed by atoms with Crippen molar-refractivity contribution in [2.24, 2.45) is 0 Å². The van der Waals surface area contributed by atoms with Crippen LogP contribution in [0.2, 0.25) is 0 Å². The molecule has 0 radical (unpaired) electrons. The zero-order valence-electron chi connectivity index (χ0n) is 79.4. The van der Waals surface area contributed by atoms with Crippen molar-refractivity contribution in [1.29, 1.82) is 0 Å². The highest BCUT2D eigenvalue weighted by molar-refractivity contribution is 5.77. The topological polar surface area (TPSA) is 379 Å². The summed E-state index contributed by atoms with van der Waals surface area (Å²) in [7, 11) is 3.45. The predicted molar refractivity (Wildman–Crippen MR) is 447 cm³/mol. The van der Waals surface area contributed by atoms with Gasteiger partial charge in [-0.15, -0.1) is 0 Å². The summed E-state index contributed by atoms with van der Waals surface area (Å²) in [6.45, 7) is 93.7. The average molecular weight is 1520 g/mol. The van der Waals surface area contributed by atoms with Gasteiger partial charge in [-0.2, -0.15) is 0 Å². The molecule has 0 aromatic rings. The fraction of sp³-hybridized carbons (Fsp3) is 0.728. The van der Waals surface area contributed by atoms with Crippen LogP contribution in [0.4, 0.5) is 0 Å². The molecular weight excluding hydrogens is 1340 g/mol. The third-order valence-corrected chi connectivity index (χ3v) is 0.630. The number of amides is 1. The molecule has 0 aromatic carbocycles. The normalized spacial score (nSPS) is 6.11. The average Bonchev–Trinajstić information content (AvgIpc) is 3.54. The van der Waals surface area contributed by atoms with Gasteiger partial charge < -0.3 is 106 Å². The van der Waals surface area contributed by atoms with Crippen molar-refractivity contribution < 1.29 is 105 Å². The van der Waals surface area contributed by atoms with E-state index in [2.05, 4.69) is 0 Å². The van der Waals surface area contributed by atoms with Gasteiger partial charge in [0, 0.05) is 21.0 Å². The van der Waals surface area contributed by atoms with Gasteiger partial charge in [-0.25, -0.2) is 0 Å². The molecule has 0 rings (SSSR count). The zero-order chi connectivity index (χ0) is 94.3. The number of carbonyl (C=O) groups is 22. The molecule has 0 saturated carbocycles. The second kappa shape index (κ2) is 225. The highest BCUT2D eigenvalue weighted by Crippen LogP contribution is 1.70. The molecule has 0 aliphatic carbocycles. The first kappa shape index (κ1) is 193. The van der Waals surface area contributed by atoms with E-state index in [1.165, 1.54) is 303 Å². The molecule has 0 saturated heterocycles. The Hall–Kier alpha value is -7.46. The van der Waals surface area contributed by atoms with Crippen molar-refractivity contribution >= 4 is 127 Å². The lowest BCUT2D eigenvalue weighted by molar-refractivity contribution is -0.126. The van der Waals surface area contributed by atoms with Crippen LogP contribution in [-0.4, -0.2) is 146 Å². The minimum absolute atomic E-state index is 0.0926. The quantitative estimate of drug-likeness (QED) is 0.217. The lowest BCUT2D eigenvalue weighted by atomic mass is 10.6. The standard InChI is InChI=1S/C4H9NO.21C3H6O.7C2H6/c1-4(6)5(2)3;21*1-3(2)4;7*1-2/h1-3H3;21*1-2H3;7*1-2H3. The fourth-order valence-corrected chi connectivity index (χ4v) is 0. The molecular formula is C81H177NO22. The van der Waals surface area contributed by atoms with E-state index in [1.54, 1.807) is 14.1 Å². The summed E-state index contributed by atoms with van der Waals surface area (Å²) >= 11 is 0. The third kappa shape index (κ3) is 69100. The van der Waals surface area contributed by atoms with Gasteiger partial charge in [0.1, 0.15) is 121 Å². The maximum Gasteiger partial charge on any atom is 0.218 e. The van der Waals surface area contributed by atoms with Crippen LogP contribution in [0.25, 0.3) is 0 Å². The Morgan fingerprint density at radius 2 is 0.115 bits per heavy atom. The van der Waals surface area contributed by atoms with Crippen molar-refractivity contribution in [3.8, 4) is 0 Å². The molecule has 0 heterocycles. The van der Waals surface area contributed by atoms with Crippen LogP contribution in [0.1, 0.15) is 395 Å². The SMILES string of the molecule is CC.CC.CC.CC.CC.CC.CC.CC(=O)N(C)C.CC(C)=O.CC(C)=O.CC(C)=O.CC(C)=O.CC(C)=O.CC(C)=O.CC(C)=O.CC(C)=O.CC(C)=O.CC(C)=O.CC(C)=O.CC(C)=O.CC(C)=O.CC(C)=O.CC(C)=O.CC(C)=O.CC(C)=O.CC(C)=O.CC(C)=O.CC(C)=O.CC(C)=O. The monoisotopic (exact) mass is 1520 g/mol. The Bertz CT molecular complexity index is 1270. The molecule has 1 amide bonds. The molecule has 0 atom stereocenters. The Morgan fingerprint density at radius 1 is 0.106 bits per heavy atom. The van der Waals surface area contributed by atoms with E-state index in [0.717, 1.165) is 0 Å². The van der Waals surface area contributed by atoms with Crippen LogP contribution < -0.4 is 0 Å². The summed E-state index contributed by atoms with van der Waals surface area (Å²) in [4.78, 5) is 210. The Balaban J connectivity index is -0.0000000208. The molecule has 0 unspecified atom stereocenters. The number of carbonyl (C=O) groups excluding carboxylic acids is 22. The molecule has 0 fully saturated rings. The minimum atomic E-state index is 0.0926. The second-order valence-electron chi connectivity index (χ2n) is 20.5. The molecule has 23 nitrogen and oxygen atoms in total. The van der Waals surface area contributed by atoms with E-state index < -0.39 is 0 Å². The number of ketones is 21. The van der Waals surface area contributed by atoms with Gasteiger partial charge in [0.25, 0.3) is 0 Å². The summed E-state index contributed by atoms with van der Waals surface area (Å²) in [6.07, 6.45) is 0. The molecule has 0 bridgehead atoms. The summed E-state index contributed by atoms with van der Waals surface area (Å²) in [5.41, 5.74) is 0. The van der Waals surface area contributed by atoms with E-state index in [1.807, 2.05) is 96.9 Å². The van der Waals surface area contributed by atoms with Crippen LogP contribution in [0.15, 0.2) is 0 Å². The van der Waals surface area contributed by atoms with Crippen molar-refractivity contribution in [2.75, 3.05) is 14.1 Å². The summed E-state index contributed by atoms with van der Waals surface area (Å²) < 4.78 is 0. The molecule has 23 heteroatoms. The predicted octanol–water partition coefficient (Wildman–Crippen LogP) is 19.8. The number of rotatable bonds is 0. The van der Waals surface area contributed by atoms with Crippen LogP contribution in [0, 0.1) is 0 Å².